The third-order valence-corrected chi connectivity index (χ3v) is 3.86. The SMILES string of the molecule is CC(C)CC(=O)Nc1ccc(C(=O)NNC(=S)NC(=O)c2ccccc2F)cc1. The van der Waals surface area contributed by atoms with Crippen molar-refractivity contribution < 1.29 is 18.8 Å². The van der Waals surface area contributed by atoms with Gasteiger partial charge < -0.3 is 5.32 Å². The van der Waals surface area contributed by atoms with Gasteiger partial charge in [0.1, 0.15) is 5.82 Å². The predicted molar refractivity (Wildman–Crippen MR) is 112 cm³/mol. The van der Waals surface area contributed by atoms with Crippen LogP contribution in [0.15, 0.2) is 48.5 Å². The molecule has 29 heavy (non-hydrogen) atoms. The van der Waals surface area contributed by atoms with E-state index in [1.54, 1.807) is 12.1 Å². The van der Waals surface area contributed by atoms with Gasteiger partial charge >= 0.3 is 0 Å². The Balaban J connectivity index is 1.84. The number of nitrogens with one attached hydrogen (secondary N) is 4. The molecule has 152 valence electrons. The largest absolute Gasteiger partial charge is 0.326 e. The summed E-state index contributed by atoms with van der Waals surface area (Å²) >= 11 is 4.92. The number of halogens is 1. The van der Waals surface area contributed by atoms with Crippen molar-refractivity contribution in [3.05, 3.63) is 65.5 Å². The minimum Gasteiger partial charge on any atom is -0.326 e. The molecule has 0 atom stereocenters. The highest BCUT2D eigenvalue weighted by Gasteiger charge is 2.13. The molecule has 2 aromatic carbocycles. The highest BCUT2D eigenvalue weighted by atomic mass is 32.1. The molecule has 0 aliphatic rings. The Morgan fingerprint density at radius 3 is 2.24 bits per heavy atom. The van der Waals surface area contributed by atoms with Crippen molar-refractivity contribution in [2.45, 2.75) is 20.3 Å². The van der Waals surface area contributed by atoms with E-state index in [0.29, 0.717) is 17.7 Å². The summed E-state index contributed by atoms with van der Waals surface area (Å²) in [5, 5.41) is 4.82. The lowest BCUT2D eigenvalue weighted by Crippen LogP contribution is -2.48. The second-order valence-electron chi connectivity index (χ2n) is 6.57. The highest BCUT2D eigenvalue weighted by Crippen LogP contribution is 2.11. The Hall–Kier alpha value is -3.33. The Morgan fingerprint density at radius 1 is 0.966 bits per heavy atom. The average molecular weight is 416 g/mol. The lowest BCUT2D eigenvalue weighted by Gasteiger charge is -2.11. The molecule has 0 spiro atoms. The normalized spacial score (nSPS) is 10.2. The molecular formula is C20H21FN4O3S. The fourth-order valence-corrected chi connectivity index (χ4v) is 2.46. The van der Waals surface area contributed by atoms with Crippen LogP contribution in [0, 0.1) is 11.7 Å². The quantitative estimate of drug-likeness (QED) is 0.444. The van der Waals surface area contributed by atoms with Crippen LogP contribution in [0.25, 0.3) is 0 Å². The average Bonchev–Trinajstić information content (AvgIpc) is 2.66. The molecule has 0 aliphatic carbocycles. The summed E-state index contributed by atoms with van der Waals surface area (Å²) in [5.41, 5.74) is 5.42. The summed E-state index contributed by atoms with van der Waals surface area (Å²) in [6, 6.07) is 11.7. The zero-order chi connectivity index (χ0) is 21.4. The number of hydrogen-bond donors (Lipinski definition) is 4. The Labute approximate surface area is 173 Å². The van der Waals surface area contributed by atoms with E-state index in [0.717, 1.165) is 6.07 Å². The van der Waals surface area contributed by atoms with Gasteiger partial charge in [0.05, 0.1) is 5.56 Å². The molecule has 0 bridgehead atoms. The first kappa shape index (κ1) is 22.0. The van der Waals surface area contributed by atoms with Gasteiger partial charge in [0.15, 0.2) is 5.11 Å². The van der Waals surface area contributed by atoms with Crippen LogP contribution in [-0.2, 0) is 4.79 Å². The van der Waals surface area contributed by atoms with Crippen LogP contribution in [0.2, 0.25) is 0 Å². The number of hydrazine groups is 1. The molecule has 2 rings (SSSR count). The Bertz CT molecular complexity index is 916. The van der Waals surface area contributed by atoms with Crippen LogP contribution in [0.1, 0.15) is 41.0 Å². The number of carbonyl (C=O) groups is 3. The van der Waals surface area contributed by atoms with Crippen molar-refractivity contribution in [3.8, 4) is 0 Å². The third-order valence-electron chi connectivity index (χ3n) is 3.66. The van der Waals surface area contributed by atoms with Gasteiger partial charge in [0, 0.05) is 17.7 Å². The number of hydrogen-bond acceptors (Lipinski definition) is 4. The number of thiocarbonyl (C=S) groups is 1. The Kier molecular flexibility index (Phi) is 7.79. The molecule has 3 amide bonds. The first-order chi connectivity index (χ1) is 13.8. The van der Waals surface area contributed by atoms with E-state index in [2.05, 4.69) is 21.5 Å². The fraction of sp³-hybridized carbons (Fsp3) is 0.200. The summed E-state index contributed by atoms with van der Waals surface area (Å²) in [6.45, 7) is 3.90. The van der Waals surface area contributed by atoms with Crippen molar-refractivity contribution in [1.29, 1.82) is 0 Å². The zero-order valence-corrected chi connectivity index (χ0v) is 16.7. The summed E-state index contributed by atoms with van der Waals surface area (Å²) in [4.78, 5) is 35.9. The molecule has 7 nitrogen and oxygen atoms in total. The van der Waals surface area contributed by atoms with Gasteiger partial charge in [-0.1, -0.05) is 26.0 Å². The number of rotatable bonds is 5. The summed E-state index contributed by atoms with van der Waals surface area (Å²) in [6.07, 6.45) is 0.405. The van der Waals surface area contributed by atoms with E-state index >= 15 is 0 Å². The van der Waals surface area contributed by atoms with Crippen molar-refractivity contribution >= 4 is 40.7 Å². The molecular weight excluding hydrogens is 395 g/mol. The minimum absolute atomic E-state index is 0.102. The summed E-state index contributed by atoms with van der Waals surface area (Å²) in [5.74, 6) is -1.79. The van der Waals surface area contributed by atoms with E-state index in [1.807, 2.05) is 13.8 Å². The van der Waals surface area contributed by atoms with E-state index in [9.17, 15) is 18.8 Å². The van der Waals surface area contributed by atoms with Crippen LogP contribution < -0.4 is 21.5 Å². The summed E-state index contributed by atoms with van der Waals surface area (Å²) < 4.78 is 13.6. The van der Waals surface area contributed by atoms with Crippen LogP contribution >= 0.6 is 12.2 Å². The molecule has 0 heterocycles. The molecule has 0 saturated carbocycles. The maximum atomic E-state index is 13.6. The van der Waals surface area contributed by atoms with Crippen LogP contribution in [-0.4, -0.2) is 22.8 Å². The van der Waals surface area contributed by atoms with Gasteiger partial charge in [-0.3, -0.25) is 30.6 Å². The zero-order valence-electron chi connectivity index (χ0n) is 15.9. The van der Waals surface area contributed by atoms with Gasteiger partial charge in [-0.05, 0) is 54.5 Å². The fourth-order valence-electron chi connectivity index (χ4n) is 2.32. The van der Waals surface area contributed by atoms with Crippen molar-refractivity contribution in [3.63, 3.8) is 0 Å². The van der Waals surface area contributed by atoms with E-state index in [-0.39, 0.29) is 22.5 Å². The van der Waals surface area contributed by atoms with Gasteiger partial charge in [-0.2, -0.15) is 0 Å². The first-order valence-corrected chi connectivity index (χ1v) is 9.23. The molecule has 2 aromatic rings. The standard InChI is InChI=1S/C20H21FN4O3S/c1-12(2)11-17(26)22-14-9-7-13(8-10-14)18(27)24-25-20(29)23-19(28)15-5-3-4-6-16(15)21/h3-10,12H,11H2,1-2H3,(H,22,26)(H,24,27)(H2,23,25,28,29). The first-order valence-electron chi connectivity index (χ1n) is 8.82. The molecule has 9 heteroatoms. The lowest BCUT2D eigenvalue weighted by atomic mass is 10.1. The van der Waals surface area contributed by atoms with E-state index < -0.39 is 17.6 Å². The van der Waals surface area contributed by atoms with E-state index in [1.165, 1.54) is 30.3 Å². The van der Waals surface area contributed by atoms with Crippen molar-refractivity contribution in [2.24, 2.45) is 5.92 Å². The summed E-state index contributed by atoms with van der Waals surface area (Å²) in [7, 11) is 0. The molecule has 0 aliphatic heterocycles. The highest BCUT2D eigenvalue weighted by molar-refractivity contribution is 7.80. The third kappa shape index (κ3) is 6.96. The van der Waals surface area contributed by atoms with Crippen LogP contribution in [0.5, 0.6) is 0 Å². The maximum absolute atomic E-state index is 13.6. The van der Waals surface area contributed by atoms with E-state index in [4.69, 9.17) is 12.2 Å². The molecule has 0 aromatic heterocycles. The molecule has 0 unspecified atom stereocenters. The maximum Gasteiger partial charge on any atom is 0.269 e. The lowest BCUT2D eigenvalue weighted by molar-refractivity contribution is -0.116. The predicted octanol–water partition coefficient (Wildman–Crippen LogP) is 2.76. The minimum atomic E-state index is -0.739. The number of anilines is 1. The molecule has 4 N–H and O–H groups in total. The molecule has 0 radical (unpaired) electrons. The Morgan fingerprint density at radius 2 is 1.62 bits per heavy atom. The number of benzene rings is 2. The van der Waals surface area contributed by atoms with Gasteiger partial charge in [-0.15, -0.1) is 0 Å². The second kappa shape index (κ2) is 10.3. The monoisotopic (exact) mass is 416 g/mol. The van der Waals surface area contributed by atoms with Crippen LogP contribution in [0.3, 0.4) is 0 Å². The van der Waals surface area contributed by atoms with Gasteiger partial charge in [0.25, 0.3) is 11.8 Å². The van der Waals surface area contributed by atoms with Gasteiger partial charge in [-0.25, -0.2) is 4.39 Å². The van der Waals surface area contributed by atoms with Crippen molar-refractivity contribution in [1.82, 2.24) is 16.2 Å². The smallest absolute Gasteiger partial charge is 0.269 e. The molecule has 0 saturated heterocycles. The second-order valence-corrected chi connectivity index (χ2v) is 6.97. The number of amides is 3. The molecule has 0 fully saturated rings. The van der Waals surface area contributed by atoms with Crippen LogP contribution in [0.4, 0.5) is 10.1 Å². The van der Waals surface area contributed by atoms with Gasteiger partial charge in [0.2, 0.25) is 5.91 Å². The topological polar surface area (TPSA) is 99.3 Å². The number of carbonyl (C=O) groups excluding carboxylic acids is 3. The van der Waals surface area contributed by atoms with Crippen molar-refractivity contribution in [2.75, 3.05) is 5.32 Å².